The molecule has 1 amide bonds. The van der Waals surface area contributed by atoms with Gasteiger partial charge in [-0.1, -0.05) is 0 Å². The van der Waals surface area contributed by atoms with Crippen molar-refractivity contribution in [2.24, 2.45) is 11.8 Å². The van der Waals surface area contributed by atoms with Gasteiger partial charge in [-0.25, -0.2) is 4.79 Å². The molecule has 0 aromatic heterocycles. The predicted molar refractivity (Wildman–Crippen MR) is 61.8 cm³/mol. The summed E-state index contributed by atoms with van der Waals surface area (Å²) in [6, 6.07) is 0.306. The Balaban J connectivity index is 1.96. The highest BCUT2D eigenvalue weighted by molar-refractivity contribution is 5.69. The lowest BCUT2D eigenvalue weighted by Gasteiger charge is -2.31. The lowest BCUT2D eigenvalue weighted by Crippen LogP contribution is -2.42. The third kappa shape index (κ3) is 2.02. The minimum atomic E-state index is -0.412. The van der Waals surface area contributed by atoms with E-state index in [-0.39, 0.29) is 6.09 Å². The van der Waals surface area contributed by atoms with Gasteiger partial charge in [0.05, 0.1) is 0 Å². The standard InChI is InChI=1S/C13H19NO2/c1-5-9-6-11-7-10(9)8-14(11)12(15)16-13(2,3)4/h1,9-11H,6-8H2,2-4H3/t9-,10-,11+/m0/s1. The van der Waals surface area contributed by atoms with Gasteiger partial charge in [0.2, 0.25) is 0 Å². The van der Waals surface area contributed by atoms with Crippen molar-refractivity contribution in [3.63, 3.8) is 0 Å². The van der Waals surface area contributed by atoms with E-state index in [2.05, 4.69) is 5.92 Å². The number of nitrogens with zero attached hydrogens (tertiary/aromatic N) is 1. The molecule has 2 bridgehead atoms. The summed E-state index contributed by atoms with van der Waals surface area (Å²) in [7, 11) is 0. The second kappa shape index (κ2) is 3.69. The van der Waals surface area contributed by atoms with Crippen molar-refractivity contribution in [2.45, 2.75) is 45.3 Å². The van der Waals surface area contributed by atoms with Crippen LogP contribution in [-0.2, 0) is 4.74 Å². The molecule has 0 aromatic carbocycles. The fraction of sp³-hybridized carbons (Fsp3) is 0.769. The highest BCUT2D eigenvalue weighted by Gasteiger charge is 2.46. The Morgan fingerprint density at radius 3 is 2.56 bits per heavy atom. The molecule has 2 fully saturated rings. The third-order valence-corrected chi connectivity index (χ3v) is 3.38. The number of hydrogen-bond donors (Lipinski definition) is 0. The Hall–Kier alpha value is -1.17. The number of amides is 1. The van der Waals surface area contributed by atoms with Gasteiger partial charge in [-0.3, -0.25) is 0 Å². The quantitative estimate of drug-likeness (QED) is 0.587. The first-order chi connectivity index (χ1) is 7.40. The molecule has 88 valence electrons. The molecule has 2 aliphatic rings. The average molecular weight is 221 g/mol. The van der Waals surface area contributed by atoms with Gasteiger partial charge in [0.15, 0.2) is 0 Å². The Morgan fingerprint density at radius 1 is 1.44 bits per heavy atom. The molecule has 2 rings (SSSR count). The van der Waals surface area contributed by atoms with Crippen LogP contribution in [0.4, 0.5) is 4.79 Å². The molecule has 3 heteroatoms. The second-order valence-electron chi connectivity index (χ2n) is 5.79. The van der Waals surface area contributed by atoms with Crippen molar-refractivity contribution < 1.29 is 9.53 Å². The van der Waals surface area contributed by atoms with Crippen LogP contribution in [0.1, 0.15) is 33.6 Å². The Kier molecular flexibility index (Phi) is 2.61. The number of ether oxygens (including phenoxy) is 1. The number of fused-ring (bicyclic) bond motifs is 2. The molecule has 3 nitrogen and oxygen atoms in total. The van der Waals surface area contributed by atoms with E-state index in [0.29, 0.717) is 17.9 Å². The highest BCUT2D eigenvalue weighted by Crippen LogP contribution is 2.42. The van der Waals surface area contributed by atoms with E-state index in [1.54, 1.807) is 0 Å². The van der Waals surface area contributed by atoms with Crippen molar-refractivity contribution in [3.8, 4) is 12.3 Å². The van der Waals surface area contributed by atoms with E-state index < -0.39 is 5.60 Å². The number of carbonyl (C=O) groups is 1. The number of rotatable bonds is 0. The van der Waals surface area contributed by atoms with Crippen LogP contribution in [-0.4, -0.2) is 29.2 Å². The first-order valence-corrected chi connectivity index (χ1v) is 5.86. The molecule has 0 spiro atoms. The van der Waals surface area contributed by atoms with Gasteiger partial charge in [0.1, 0.15) is 5.60 Å². The molecule has 0 aromatic rings. The molecule has 1 heterocycles. The molecule has 0 unspecified atom stereocenters. The van der Waals surface area contributed by atoms with Crippen LogP contribution in [0.5, 0.6) is 0 Å². The van der Waals surface area contributed by atoms with Crippen LogP contribution in [0.25, 0.3) is 0 Å². The largest absolute Gasteiger partial charge is 0.444 e. The van der Waals surface area contributed by atoms with Crippen molar-refractivity contribution in [1.82, 2.24) is 4.90 Å². The van der Waals surface area contributed by atoms with Gasteiger partial charge in [-0.15, -0.1) is 12.3 Å². The molecule has 0 radical (unpaired) electrons. The predicted octanol–water partition coefficient (Wildman–Crippen LogP) is 2.27. The van der Waals surface area contributed by atoms with Crippen molar-refractivity contribution in [3.05, 3.63) is 0 Å². The van der Waals surface area contributed by atoms with Crippen LogP contribution in [0.15, 0.2) is 0 Å². The topological polar surface area (TPSA) is 29.5 Å². The fourth-order valence-corrected chi connectivity index (χ4v) is 2.70. The Labute approximate surface area is 97.1 Å². The average Bonchev–Trinajstić information content (AvgIpc) is 2.72. The molecular formula is C13H19NO2. The van der Waals surface area contributed by atoms with E-state index >= 15 is 0 Å². The van der Waals surface area contributed by atoms with Gasteiger partial charge < -0.3 is 9.64 Å². The molecule has 3 atom stereocenters. The number of hydrogen-bond acceptors (Lipinski definition) is 2. The monoisotopic (exact) mass is 221 g/mol. The zero-order valence-corrected chi connectivity index (χ0v) is 10.2. The van der Waals surface area contributed by atoms with E-state index in [4.69, 9.17) is 11.2 Å². The summed E-state index contributed by atoms with van der Waals surface area (Å²) in [6.45, 7) is 6.45. The maximum absolute atomic E-state index is 11.9. The minimum Gasteiger partial charge on any atom is -0.444 e. The van der Waals surface area contributed by atoms with Crippen LogP contribution >= 0.6 is 0 Å². The number of piperidine rings is 1. The Morgan fingerprint density at radius 2 is 2.12 bits per heavy atom. The van der Waals surface area contributed by atoms with E-state index in [1.807, 2.05) is 25.7 Å². The summed E-state index contributed by atoms with van der Waals surface area (Å²) in [5.74, 6) is 3.68. The maximum Gasteiger partial charge on any atom is 0.410 e. The number of carbonyl (C=O) groups excluding carboxylic acids is 1. The smallest absolute Gasteiger partial charge is 0.410 e. The third-order valence-electron chi connectivity index (χ3n) is 3.38. The zero-order chi connectivity index (χ0) is 11.9. The van der Waals surface area contributed by atoms with Crippen molar-refractivity contribution in [1.29, 1.82) is 0 Å². The summed E-state index contributed by atoms with van der Waals surface area (Å²) in [6.07, 6.45) is 7.27. The normalized spacial score (nSPS) is 32.6. The summed E-state index contributed by atoms with van der Waals surface area (Å²) < 4.78 is 5.38. The van der Waals surface area contributed by atoms with Crippen LogP contribution < -0.4 is 0 Å². The number of likely N-dealkylation sites (tertiary alicyclic amines) is 1. The van der Waals surface area contributed by atoms with Gasteiger partial charge in [0, 0.05) is 18.5 Å². The van der Waals surface area contributed by atoms with E-state index in [9.17, 15) is 4.79 Å². The van der Waals surface area contributed by atoms with Gasteiger partial charge >= 0.3 is 6.09 Å². The zero-order valence-electron chi connectivity index (χ0n) is 10.2. The highest BCUT2D eigenvalue weighted by atomic mass is 16.6. The molecule has 16 heavy (non-hydrogen) atoms. The lowest BCUT2D eigenvalue weighted by molar-refractivity contribution is 0.0176. The lowest BCUT2D eigenvalue weighted by atomic mass is 9.96. The van der Waals surface area contributed by atoms with Crippen LogP contribution in [0.2, 0.25) is 0 Å². The second-order valence-corrected chi connectivity index (χ2v) is 5.79. The van der Waals surface area contributed by atoms with Gasteiger partial charge in [0.25, 0.3) is 0 Å². The summed E-state index contributed by atoms with van der Waals surface area (Å²) in [5, 5.41) is 0. The van der Waals surface area contributed by atoms with E-state index in [1.165, 1.54) is 0 Å². The molecule has 1 aliphatic carbocycles. The Bertz CT molecular complexity index is 337. The van der Waals surface area contributed by atoms with Crippen LogP contribution in [0, 0.1) is 24.2 Å². The number of terminal acetylenes is 1. The van der Waals surface area contributed by atoms with Crippen molar-refractivity contribution >= 4 is 6.09 Å². The first kappa shape index (κ1) is 11.3. The van der Waals surface area contributed by atoms with Gasteiger partial charge in [-0.05, 0) is 39.5 Å². The van der Waals surface area contributed by atoms with Crippen molar-refractivity contribution in [2.75, 3.05) is 6.54 Å². The SMILES string of the molecule is C#C[C@H]1C[C@@H]2C[C@H]1CN2C(=O)OC(C)(C)C. The molecular weight excluding hydrogens is 202 g/mol. The van der Waals surface area contributed by atoms with E-state index in [0.717, 1.165) is 19.4 Å². The maximum atomic E-state index is 11.9. The molecule has 0 N–H and O–H groups in total. The van der Waals surface area contributed by atoms with Gasteiger partial charge in [-0.2, -0.15) is 0 Å². The molecule has 1 aliphatic heterocycles. The first-order valence-electron chi connectivity index (χ1n) is 5.86. The summed E-state index contributed by atoms with van der Waals surface area (Å²) in [5.41, 5.74) is -0.412. The molecule has 1 saturated carbocycles. The van der Waals surface area contributed by atoms with Crippen LogP contribution in [0.3, 0.4) is 0 Å². The molecule has 1 saturated heterocycles. The summed E-state index contributed by atoms with van der Waals surface area (Å²) in [4.78, 5) is 13.7. The minimum absolute atomic E-state index is 0.185. The summed E-state index contributed by atoms with van der Waals surface area (Å²) >= 11 is 0. The fourth-order valence-electron chi connectivity index (χ4n) is 2.70.